The van der Waals surface area contributed by atoms with Crippen LogP contribution in [0.5, 0.6) is 5.88 Å². The third-order valence-electron chi connectivity index (χ3n) is 9.52. The van der Waals surface area contributed by atoms with Gasteiger partial charge in [0.1, 0.15) is 11.7 Å². The summed E-state index contributed by atoms with van der Waals surface area (Å²) in [5.74, 6) is 0.549. The van der Waals surface area contributed by atoms with Crippen molar-refractivity contribution in [1.29, 1.82) is 5.26 Å². The summed E-state index contributed by atoms with van der Waals surface area (Å²) < 4.78 is 7.16. The molecule has 7 rings (SSSR count). The number of benzene rings is 2. The molecule has 2 aliphatic heterocycles. The number of methoxy groups -OCH3 is 1. The highest BCUT2D eigenvalue weighted by Gasteiger charge is 2.22. The number of carbonyl (C=O) groups excluding carboxylic acids is 2. The molecule has 0 aliphatic carbocycles. The van der Waals surface area contributed by atoms with Crippen LogP contribution in [-0.2, 0) is 22.7 Å². The Kier molecular flexibility index (Phi) is 10.3. The minimum atomic E-state index is -0.158. The summed E-state index contributed by atoms with van der Waals surface area (Å²) in [6, 6.07) is 21.4. The van der Waals surface area contributed by atoms with Crippen molar-refractivity contribution in [3.05, 3.63) is 105 Å². The first-order valence-electron chi connectivity index (χ1n) is 17.2. The molecule has 2 amide bonds. The van der Waals surface area contributed by atoms with Crippen molar-refractivity contribution in [2.75, 3.05) is 20.2 Å². The molecule has 2 unspecified atom stereocenters. The van der Waals surface area contributed by atoms with Crippen LogP contribution in [0.3, 0.4) is 0 Å². The molecule has 52 heavy (non-hydrogen) atoms. The minimum Gasteiger partial charge on any atom is -0.481 e. The van der Waals surface area contributed by atoms with Crippen LogP contribution in [0, 0.1) is 11.3 Å². The van der Waals surface area contributed by atoms with Crippen molar-refractivity contribution in [3.63, 3.8) is 0 Å². The van der Waals surface area contributed by atoms with Gasteiger partial charge in [-0.15, -0.1) is 0 Å². The summed E-state index contributed by atoms with van der Waals surface area (Å²) in [6.07, 6.45) is 5.98. The fourth-order valence-corrected chi connectivity index (χ4v) is 7.06. The number of nitriles is 1. The van der Waals surface area contributed by atoms with Crippen LogP contribution in [0.1, 0.15) is 42.4 Å². The molecule has 0 bridgehead atoms. The van der Waals surface area contributed by atoms with E-state index in [0.29, 0.717) is 83.5 Å². The summed E-state index contributed by atoms with van der Waals surface area (Å²) in [6.45, 7) is 2.07. The molecule has 2 aromatic carbocycles. The molecule has 0 saturated carbocycles. The van der Waals surface area contributed by atoms with Gasteiger partial charge >= 0.3 is 0 Å². The average molecular weight is 717 g/mol. The van der Waals surface area contributed by atoms with E-state index in [1.807, 2.05) is 54.6 Å². The molecule has 2 atom stereocenters. The Hall–Kier alpha value is -5.61. The lowest BCUT2D eigenvalue weighted by Gasteiger charge is -2.16. The molecule has 2 fully saturated rings. The van der Waals surface area contributed by atoms with Gasteiger partial charge in [0.15, 0.2) is 0 Å². The highest BCUT2D eigenvalue weighted by Crippen LogP contribution is 2.38. The van der Waals surface area contributed by atoms with Crippen LogP contribution in [-0.4, -0.2) is 58.5 Å². The zero-order chi connectivity index (χ0) is 36.2. The molecule has 0 radical (unpaired) electrons. The van der Waals surface area contributed by atoms with E-state index in [1.54, 1.807) is 25.6 Å². The van der Waals surface area contributed by atoms with Crippen molar-refractivity contribution in [3.8, 4) is 45.5 Å². The maximum absolute atomic E-state index is 13.2. The van der Waals surface area contributed by atoms with Crippen LogP contribution >= 0.6 is 11.6 Å². The van der Waals surface area contributed by atoms with Gasteiger partial charge in [-0.25, -0.2) is 9.97 Å². The van der Waals surface area contributed by atoms with Crippen LogP contribution in [0.15, 0.2) is 77.9 Å². The van der Waals surface area contributed by atoms with Gasteiger partial charge in [-0.05, 0) is 59.9 Å². The smallest absolute Gasteiger partial charge is 0.262 e. The van der Waals surface area contributed by atoms with Crippen molar-refractivity contribution in [2.24, 2.45) is 0 Å². The minimum absolute atomic E-state index is 0.0577. The molecule has 2 aliphatic rings. The van der Waals surface area contributed by atoms with Crippen molar-refractivity contribution in [1.82, 2.24) is 35.6 Å². The fraction of sp³-hybridized carbons (Fsp3) is 0.282. The lowest BCUT2D eigenvalue weighted by atomic mass is 9.92. The maximum Gasteiger partial charge on any atom is 0.262 e. The van der Waals surface area contributed by atoms with Crippen molar-refractivity contribution >= 4 is 29.1 Å². The van der Waals surface area contributed by atoms with Gasteiger partial charge in [0.05, 0.1) is 23.4 Å². The number of hydrogen-bond donors (Lipinski definition) is 4. The number of pyridine rings is 2. The largest absolute Gasteiger partial charge is 0.481 e. The van der Waals surface area contributed by atoms with E-state index in [0.717, 1.165) is 35.1 Å². The summed E-state index contributed by atoms with van der Waals surface area (Å²) in [5, 5.41) is 23.4. The summed E-state index contributed by atoms with van der Waals surface area (Å²) >= 11 is 6.74. The van der Waals surface area contributed by atoms with Gasteiger partial charge in [0.25, 0.3) is 5.56 Å². The Morgan fingerprint density at radius 3 is 2.27 bits per heavy atom. The maximum atomic E-state index is 13.2. The normalized spacial score (nSPS) is 16.9. The Bertz CT molecular complexity index is 2280. The third kappa shape index (κ3) is 7.38. The molecule has 5 heterocycles. The Morgan fingerprint density at radius 2 is 1.60 bits per heavy atom. The van der Waals surface area contributed by atoms with Gasteiger partial charge in [-0.1, -0.05) is 41.9 Å². The average Bonchev–Trinajstić information content (AvgIpc) is 3.78. The predicted octanol–water partition coefficient (Wildman–Crippen LogP) is 4.36. The number of carbonyl (C=O) groups is 2. The molecule has 0 spiro atoms. The van der Waals surface area contributed by atoms with E-state index in [4.69, 9.17) is 21.3 Å². The van der Waals surface area contributed by atoms with E-state index in [9.17, 15) is 19.6 Å². The standard InChI is InChI=1S/C39H37ClN8O4/c1-52-38-26(18-42-21-28-6-11-35(49)45-28)5-10-33(47-38)37-31(17-41)30(8-9-32(37)40)25-4-2-3-23(15-25)24-13-14-48-34(16-24)44-20-27(39(48)51)19-43-22-29-7-12-36(50)46-29/h2-5,8-10,13-16,20,28-29,42-43H,6-7,11-12,18-19,21-22H2,1H3,(H,45,49)(H,46,50). The molecule has 5 aromatic rings. The fourth-order valence-electron chi connectivity index (χ4n) is 6.81. The monoisotopic (exact) mass is 716 g/mol. The van der Waals surface area contributed by atoms with Gasteiger partial charge in [-0.2, -0.15) is 5.26 Å². The number of nitrogens with zero attached hydrogens (tertiary/aromatic N) is 4. The number of amides is 2. The third-order valence-corrected chi connectivity index (χ3v) is 9.84. The second-order valence-corrected chi connectivity index (χ2v) is 13.4. The molecule has 3 aromatic heterocycles. The van der Waals surface area contributed by atoms with Crippen molar-refractivity contribution < 1.29 is 14.3 Å². The van der Waals surface area contributed by atoms with E-state index in [-0.39, 0.29) is 29.5 Å². The van der Waals surface area contributed by atoms with E-state index < -0.39 is 0 Å². The Morgan fingerprint density at radius 1 is 0.904 bits per heavy atom. The predicted molar refractivity (Wildman–Crippen MR) is 198 cm³/mol. The number of rotatable bonds is 12. The summed E-state index contributed by atoms with van der Waals surface area (Å²) in [5.41, 5.74) is 6.36. The van der Waals surface area contributed by atoms with Gasteiger partial charge < -0.3 is 26.0 Å². The van der Waals surface area contributed by atoms with Crippen LogP contribution in [0.2, 0.25) is 5.02 Å². The second-order valence-electron chi connectivity index (χ2n) is 13.0. The molecular formula is C39H37ClN8O4. The lowest BCUT2D eigenvalue weighted by Crippen LogP contribution is -2.36. The van der Waals surface area contributed by atoms with Crippen LogP contribution in [0.4, 0.5) is 0 Å². The van der Waals surface area contributed by atoms with Crippen molar-refractivity contribution in [2.45, 2.75) is 50.9 Å². The van der Waals surface area contributed by atoms with E-state index in [2.05, 4.69) is 32.3 Å². The Balaban J connectivity index is 1.12. The topological polar surface area (TPSA) is 163 Å². The number of hydrogen-bond acceptors (Lipinski definition) is 9. The zero-order valence-corrected chi connectivity index (χ0v) is 29.3. The lowest BCUT2D eigenvalue weighted by molar-refractivity contribution is -0.120. The first-order valence-corrected chi connectivity index (χ1v) is 17.6. The number of halogens is 1. The van der Waals surface area contributed by atoms with Gasteiger partial charge in [0, 0.05) is 85.8 Å². The number of fused-ring (bicyclic) bond motifs is 1. The van der Waals surface area contributed by atoms with E-state index >= 15 is 0 Å². The molecule has 12 nitrogen and oxygen atoms in total. The Labute approximate surface area is 305 Å². The molecular weight excluding hydrogens is 680 g/mol. The zero-order valence-electron chi connectivity index (χ0n) is 28.5. The molecule has 264 valence electrons. The second kappa shape index (κ2) is 15.3. The summed E-state index contributed by atoms with van der Waals surface area (Å²) in [4.78, 5) is 45.6. The quantitative estimate of drug-likeness (QED) is 0.147. The SMILES string of the molecule is COc1nc(-c2c(Cl)ccc(-c3cccc(-c4ccn5c(=O)c(CNCC6CCC(=O)N6)cnc5c4)c3)c2C#N)ccc1CNCC1CCC(=O)N1. The molecule has 2 saturated heterocycles. The molecule has 13 heteroatoms. The highest BCUT2D eigenvalue weighted by molar-refractivity contribution is 6.33. The number of ether oxygens (including phenoxy) is 1. The van der Waals surface area contributed by atoms with Crippen LogP contribution < -0.4 is 31.6 Å². The number of aromatic nitrogens is 3. The van der Waals surface area contributed by atoms with E-state index in [1.165, 1.54) is 4.40 Å². The first kappa shape index (κ1) is 34.8. The molecule has 4 N–H and O–H groups in total. The number of nitrogens with one attached hydrogen (secondary N) is 4. The van der Waals surface area contributed by atoms with Gasteiger partial charge in [-0.3, -0.25) is 18.8 Å². The van der Waals surface area contributed by atoms with Gasteiger partial charge in [0.2, 0.25) is 17.7 Å². The summed E-state index contributed by atoms with van der Waals surface area (Å²) in [7, 11) is 1.55. The van der Waals surface area contributed by atoms with Crippen LogP contribution in [0.25, 0.3) is 39.2 Å². The highest BCUT2D eigenvalue weighted by atomic mass is 35.5. The first-order chi connectivity index (χ1) is 25.3.